The van der Waals surface area contributed by atoms with Crippen LogP contribution in [0.25, 0.3) is 0 Å². The number of aliphatic hydroxyl groups is 1. The number of benzene rings is 1. The van der Waals surface area contributed by atoms with Crippen molar-refractivity contribution < 1.29 is 14.6 Å². The Morgan fingerprint density at radius 2 is 2.00 bits per heavy atom. The summed E-state index contributed by atoms with van der Waals surface area (Å²) >= 11 is 0. The molecule has 0 saturated carbocycles. The maximum Gasteiger partial charge on any atom is 0.222 e. The molecule has 3 rings (SSSR count). The van der Waals surface area contributed by atoms with Gasteiger partial charge in [0.25, 0.3) is 0 Å². The predicted octanol–water partition coefficient (Wildman–Crippen LogP) is 2.40. The van der Waals surface area contributed by atoms with Gasteiger partial charge in [0.05, 0.1) is 6.20 Å². The van der Waals surface area contributed by atoms with Crippen molar-refractivity contribution in [3.63, 3.8) is 0 Å². The fourth-order valence-corrected chi connectivity index (χ4v) is 3.35. The summed E-state index contributed by atoms with van der Waals surface area (Å²) < 4.78 is 7.57. The van der Waals surface area contributed by atoms with E-state index in [2.05, 4.69) is 12.0 Å². The van der Waals surface area contributed by atoms with Crippen LogP contribution >= 0.6 is 0 Å². The summed E-state index contributed by atoms with van der Waals surface area (Å²) in [5.41, 5.74) is 2.59. The summed E-state index contributed by atoms with van der Waals surface area (Å²) in [6, 6.07) is 5.96. The van der Waals surface area contributed by atoms with Crippen LogP contribution in [0, 0.1) is 13.8 Å². The first-order valence-electron chi connectivity index (χ1n) is 9.52. The largest absolute Gasteiger partial charge is 0.491 e. The molecule has 1 aromatic heterocycles. The van der Waals surface area contributed by atoms with Crippen molar-refractivity contribution in [2.45, 2.75) is 45.1 Å². The van der Waals surface area contributed by atoms with E-state index in [-0.39, 0.29) is 12.5 Å². The molecule has 1 fully saturated rings. The SMILES string of the molecule is Cc1ccc(OCC2(O)CCN(C(=O)CCc3cnn(C)c3)CC2)cc1C. The number of likely N-dealkylation sites (tertiary alicyclic amines) is 1. The van der Waals surface area contributed by atoms with E-state index < -0.39 is 5.60 Å². The van der Waals surface area contributed by atoms with Crippen LogP contribution in [0.2, 0.25) is 0 Å². The number of carbonyl (C=O) groups is 1. The molecule has 2 heterocycles. The van der Waals surface area contributed by atoms with E-state index in [1.54, 1.807) is 10.9 Å². The summed E-state index contributed by atoms with van der Waals surface area (Å²) in [5.74, 6) is 0.914. The van der Waals surface area contributed by atoms with E-state index >= 15 is 0 Å². The first-order chi connectivity index (χ1) is 12.8. The second kappa shape index (κ2) is 8.13. The van der Waals surface area contributed by atoms with Crippen molar-refractivity contribution in [1.82, 2.24) is 14.7 Å². The topological polar surface area (TPSA) is 67.6 Å². The quantitative estimate of drug-likeness (QED) is 0.847. The van der Waals surface area contributed by atoms with Gasteiger partial charge in [-0.3, -0.25) is 9.48 Å². The molecular formula is C21H29N3O3. The van der Waals surface area contributed by atoms with E-state index in [4.69, 9.17) is 4.74 Å². The molecule has 27 heavy (non-hydrogen) atoms. The minimum atomic E-state index is -0.876. The number of ether oxygens (including phenoxy) is 1. The summed E-state index contributed by atoms with van der Waals surface area (Å²) in [7, 11) is 1.87. The van der Waals surface area contributed by atoms with Gasteiger partial charge in [-0.1, -0.05) is 6.07 Å². The van der Waals surface area contributed by atoms with Crippen LogP contribution in [0.4, 0.5) is 0 Å². The number of hydrogen-bond acceptors (Lipinski definition) is 4. The lowest BCUT2D eigenvalue weighted by molar-refractivity contribution is -0.136. The second-order valence-electron chi connectivity index (χ2n) is 7.66. The molecule has 1 aromatic carbocycles. The van der Waals surface area contributed by atoms with Crippen molar-refractivity contribution in [3.05, 3.63) is 47.3 Å². The van der Waals surface area contributed by atoms with E-state index in [9.17, 15) is 9.90 Å². The Morgan fingerprint density at radius 1 is 1.26 bits per heavy atom. The van der Waals surface area contributed by atoms with Gasteiger partial charge in [0, 0.05) is 32.8 Å². The van der Waals surface area contributed by atoms with Crippen molar-refractivity contribution >= 4 is 5.91 Å². The number of nitrogens with zero attached hydrogens (tertiary/aromatic N) is 3. The van der Waals surface area contributed by atoms with Crippen LogP contribution in [-0.4, -0.2) is 51.0 Å². The van der Waals surface area contributed by atoms with Crippen LogP contribution < -0.4 is 4.74 Å². The molecule has 0 aliphatic carbocycles. The average Bonchev–Trinajstić information content (AvgIpc) is 3.07. The van der Waals surface area contributed by atoms with Crippen LogP contribution in [0.5, 0.6) is 5.75 Å². The zero-order chi connectivity index (χ0) is 19.4. The van der Waals surface area contributed by atoms with Gasteiger partial charge in [-0.15, -0.1) is 0 Å². The van der Waals surface area contributed by atoms with Gasteiger partial charge in [-0.2, -0.15) is 5.10 Å². The summed E-state index contributed by atoms with van der Waals surface area (Å²) in [5, 5.41) is 14.9. The van der Waals surface area contributed by atoms with Gasteiger partial charge in [0.1, 0.15) is 18.0 Å². The lowest BCUT2D eigenvalue weighted by Crippen LogP contribution is -2.49. The van der Waals surface area contributed by atoms with Crippen LogP contribution in [0.1, 0.15) is 36.0 Å². The van der Waals surface area contributed by atoms with E-state index in [1.165, 1.54) is 11.1 Å². The molecule has 1 saturated heterocycles. The van der Waals surface area contributed by atoms with Gasteiger partial charge in [-0.05, 0) is 61.9 Å². The van der Waals surface area contributed by atoms with Gasteiger partial charge >= 0.3 is 0 Å². The number of rotatable bonds is 6. The highest BCUT2D eigenvalue weighted by Crippen LogP contribution is 2.25. The average molecular weight is 371 g/mol. The molecule has 0 unspecified atom stereocenters. The molecule has 1 amide bonds. The fraction of sp³-hybridized carbons (Fsp3) is 0.524. The normalized spacial score (nSPS) is 16.4. The van der Waals surface area contributed by atoms with Crippen molar-refractivity contribution in [1.29, 1.82) is 0 Å². The van der Waals surface area contributed by atoms with Gasteiger partial charge < -0.3 is 14.7 Å². The number of piperidine rings is 1. The summed E-state index contributed by atoms with van der Waals surface area (Å²) in [6.45, 7) is 5.50. The first kappa shape index (κ1) is 19.4. The highest BCUT2D eigenvalue weighted by atomic mass is 16.5. The Balaban J connectivity index is 1.45. The lowest BCUT2D eigenvalue weighted by atomic mass is 9.92. The molecule has 0 atom stereocenters. The summed E-state index contributed by atoms with van der Waals surface area (Å²) in [4.78, 5) is 14.3. The molecule has 1 aliphatic rings. The van der Waals surface area contributed by atoms with E-state index in [1.807, 2.05) is 43.3 Å². The van der Waals surface area contributed by atoms with Crippen molar-refractivity contribution in [2.75, 3.05) is 19.7 Å². The van der Waals surface area contributed by atoms with Crippen LogP contribution in [-0.2, 0) is 18.3 Å². The first-order valence-corrected chi connectivity index (χ1v) is 9.52. The molecule has 1 N–H and O–H groups in total. The van der Waals surface area contributed by atoms with E-state index in [0.717, 1.165) is 11.3 Å². The molecule has 6 heteroatoms. The third kappa shape index (κ3) is 5.10. The Morgan fingerprint density at radius 3 is 2.63 bits per heavy atom. The standard InChI is InChI=1S/C21H29N3O3/c1-16-4-6-19(12-17(16)2)27-15-21(26)8-10-24(11-9-21)20(25)7-5-18-13-22-23(3)14-18/h4,6,12-14,26H,5,7-11,15H2,1-3H3. The fourth-order valence-electron chi connectivity index (χ4n) is 3.35. The van der Waals surface area contributed by atoms with Gasteiger partial charge in [0.2, 0.25) is 5.91 Å². The van der Waals surface area contributed by atoms with Crippen molar-refractivity contribution in [3.8, 4) is 5.75 Å². The third-order valence-corrected chi connectivity index (χ3v) is 5.42. The Kier molecular flexibility index (Phi) is 5.85. The van der Waals surface area contributed by atoms with Crippen molar-refractivity contribution in [2.24, 2.45) is 7.05 Å². The zero-order valence-electron chi connectivity index (χ0n) is 16.4. The van der Waals surface area contributed by atoms with Crippen LogP contribution in [0.3, 0.4) is 0 Å². The van der Waals surface area contributed by atoms with Gasteiger partial charge in [0.15, 0.2) is 0 Å². The monoisotopic (exact) mass is 371 g/mol. The molecule has 2 aromatic rings. The Hall–Kier alpha value is -2.34. The Labute approximate surface area is 160 Å². The van der Waals surface area contributed by atoms with Gasteiger partial charge in [-0.25, -0.2) is 0 Å². The predicted molar refractivity (Wildman–Crippen MR) is 104 cm³/mol. The minimum absolute atomic E-state index is 0.135. The third-order valence-electron chi connectivity index (χ3n) is 5.42. The highest BCUT2D eigenvalue weighted by Gasteiger charge is 2.34. The number of aromatic nitrogens is 2. The minimum Gasteiger partial charge on any atom is -0.491 e. The Bertz CT molecular complexity index is 792. The number of amides is 1. The molecule has 0 bridgehead atoms. The molecule has 1 aliphatic heterocycles. The number of hydrogen-bond donors (Lipinski definition) is 1. The molecular weight excluding hydrogens is 342 g/mol. The molecule has 6 nitrogen and oxygen atoms in total. The maximum atomic E-state index is 12.4. The van der Waals surface area contributed by atoms with Crippen LogP contribution in [0.15, 0.2) is 30.6 Å². The maximum absolute atomic E-state index is 12.4. The number of aryl methyl sites for hydroxylation is 4. The molecule has 0 radical (unpaired) electrons. The van der Waals surface area contributed by atoms with E-state index in [0.29, 0.717) is 38.8 Å². The molecule has 0 spiro atoms. The summed E-state index contributed by atoms with van der Waals surface area (Å²) in [6.07, 6.45) is 5.98. The lowest BCUT2D eigenvalue weighted by Gasteiger charge is -2.38. The smallest absolute Gasteiger partial charge is 0.222 e. The molecule has 146 valence electrons. The second-order valence-corrected chi connectivity index (χ2v) is 7.66. The highest BCUT2D eigenvalue weighted by molar-refractivity contribution is 5.76. The number of carbonyl (C=O) groups excluding carboxylic acids is 1. The zero-order valence-corrected chi connectivity index (χ0v) is 16.4.